The van der Waals surface area contributed by atoms with Gasteiger partial charge in [0.15, 0.2) is 18.6 Å². The van der Waals surface area contributed by atoms with Crippen LogP contribution < -0.4 is 10.4 Å². The molecule has 0 aliphatic carbocycles. The van der Waals surface area contributed by atoms with E-state index < -0.39 is 13.0 Å². The van der Waals surface area contributed by atoms with Gasteiger partial charge in [0.25, 0.3) is 0 Å². The number of nitrogens with zero attached hydrogens (tertiary/aromatic N) is 7. The molecule has 1 aliphatic rings. The van der Waals surface area contributed by atoms with Gasteiger partial charge in [-0.3, -0.25) is 19.2 Å². The summed E-state index contributed by atoms with van der Waals surface area (Å²) < 4.78 is 25.2. The molecule has 1 unspecified atom stereocenters. The lowest BCUT2D eigenvalue weighted by Gasteiger charge is -2.38. The lowest BCUT2D eigenvalue weighted by molar-refractivity contribution is -0.279. The Bertz CT molecular complexity index is 1760. The fourth-order valence-electron chi connectivity index (χ4n) is 4.39. The van der Waals surface area contributed by atoms with Crippen LogP contribution in [0.15, 0.2) is 79.1 Å². The molecule has 11 nitrogen and oxygen atoms in total. The first-order valence-corrected chi connectivity index (χ1v) is 12.9. The van der Waals surface area contributed by atoms with Crippen molar-refractivity contribution in [1.82, 2.24) is 29.8 Å². The number of aromatic nitrogens is 5. The van der Waals surface area contributed by atoms with Crippen molar-refractivity contribution in [1.29, 1.82) is 0 Å². The third-order valence-electron chi connectivity index (χ3n) is 6.29. The number of hydrogen-bond acceptors (Lipinski definition) is 8. The second kappa shape index (κ2) is 11.2. The largest absolute Gasteiger partial charge is 0.325 e. The van der Waals surface area contributed by atoms with Gasteiger partial charge in [-0.2, -0.15) is 5.10 Å². The summed E-state index contributed by atoms with van der Waals surface area (Å²) in [5, 5.41) is 19.1. The van der Waals surface area contributed by atoms with Gasteiger partial charge in [-0.05, 0) is 48.4 Å². The molecule has 6 rings (SSSR count). The van der Waals surface area contributed by atoms with E-state index in [1.165, 1.54) is 21.0 Å². The van der Waals surface area contributed by atoms with Crippen molar-refractivity contribution in [2.75, 3.05) is 23.8 Å². The molecular weight excluding hydrogens is 555 g/mol. The monoisotopic (exact) mass is 581 g/mol. The average molecular weight is 582 g/mol. The molecule has 1 aliphatic heterocycles. The van der Waals surface area contributed by atoms with E-state index in [0.29, 0.717) is 39.4 Å². The Morgan fingerprint density at radius 3 is 2.67 bits per heavy atom. The molecule has 0 spiro atoms. The summed E-state index contributed by atoms with van der Waals surface area (Å²) in [5.74, 6) is -0.343. The van der Waals surface area contributed by atoms with Crippen molar-refractivity contribution in [3.63, 3.8) is 0 Å². The van der Waals surface area contributed by atoms with Crippen LogP contribution in [0.5, 0.6) is 0 Å². The van der Waals surface area contributed by atoms with E-state index in [-0.39, 0.29) is 24.5 Å². The van der Waals surface area contributed by atoms with Crippen LogP contribution >= 0.6 is 23.2 Å². The van der Waals surface area contributed by atoms with E-state index in [2.05, 4.69) is 20.7 Å². The summed E-state index contributed by atoms with van der Waals surface area (Å²) in [7, 11) is 0. The molecule has 0 bridgehead atoms. The van der Waals surface area contributed by atoms with Crippen LogP contribution in [0.4, 0.5) is 11.4 Å². The van der Waals surface area contributed by atoms with E-state index in [9.17, 15) is 4.79 Å². The van der Waals surface area contributed by atoms with Crippen molar-refractivity contribution in [2.45, 2.75) is 12.5 Å². The highest BCUT2D eigenvalue weighted by Gasteiger charge is 2.32. The fraction of sp³-hybridized carbons (Fsp3) is 0.185. The molecule has 204 valence electrons. The maximum atomic E-state index is 13.7. The van der Waals surface area contributed by atoms with E-state index in [1.54, 1.807) is 42.6 Å². The molecule has 13 heteroatoms. The number of halogens is 2. The van der Waals surface area contributed by atoms with Gasteiger partial charge in [0.1, 0.15) is 6.04 Å². The second-order valence-corrected chi connectivity index (χ2v) is 9.80. The number of hydrogen-bond donors (Lipinski definition) is 1. The van der Waals surface area contributed by atoms with Crippen LogP contribution in [0.1, 0.15) is 9.68 Å². The fourth-order valence-corrected chi connectivity index (χ4v) is 4.68. The van der Waals surface area contributed by atoms with Gasteiger partial charge in [-0.1, -0.05) is 58.7 Å². The number of anilines is 2. The normalized spacial score (nSPS) is 16.4. The number of fused-ring (bicyclic) bond motifs is 1. The van der Waals surface area contributed by atoms with Gasteiger partial charge in [0.05, 0.1) is 23.1 Å². The molecule has 5 aromatic rings. The number of benzene rings is 3. The summed E-state index contributed by atoms with van der Waals surface area (Å²) >= 11 is 12.3. The summed E-state index contributed by atoms with van der Waals surface area (Å²) in [5.41, 5.74) is 3.07. The van der Waals surface area contributed by atoms with Gasteiger partial charge in [0.2, 0.25) is 5.91 Å². The molecule has 40 heavy (non-hydrogen) atoms. The molecule has 2 aromatic heterocycles. The van der Waals surface area contributed by atoms with Gasteiger partial charge in [0, 0.05) is 33.4 Å². The lowest BCUT2D eigenvalue weighted by atomic mass is 10.0. The minimum Gasteiger partial charge on any atom is -0.325 e. The molecule has 1 N–H and O–H groups in total. The summed E-state index contributed by atoms with van der Waals surface area (Å²) in [4.78, 5) is 25.8. The Hall–Kier alpha value is -4.00. The lowest BCUT2D eigenvalue weighted by Crippen LogP contribution is -2.52. The maximum absolute atomic E-state index is 13.7. The Morgan fingerprint density at radius 2 is 1.93 bits per heavy atom. The number of carbonyl (C=O) groups excluding carboxylic acids is 1. The third-order valence-corrected chi connectivity index (χ3v) is 6.70. The zero-order chi connectivity index (χ0) is 30.1. The minimum absolute atomic E-state index is 0.0609. The van der Waals surface area contributed by atoms with Gasteiger partial charge < -0.3 is 5.32 Å². The molecule has 3 aromatic carbocycles. The standard InChI is InChI=1S/C27H24Cl2N8O3/c1-34-14-19-12-21(8-9-22(19)32-34)30-27(38)25(11-18-5-3-2-4-6-18)37-17-39-36(16-40-37)24-13-20(28)7-10-23(24)35-15-26(29)31-33-35/h2-10,12-15,25H,11,16-17H2,1H3,(H,30,38)/i1D3. The van der Waals surface area contributed by atoms with Crippen LogP contribution in [0, 0.1) is 0 Å². The predicted molar refractivity (Wildman–Crippen MR) is 151 cm³/mol. The molecular formula is C27H24Cl2N8O3. The predicted octanol–water partition coefficient (Wildman–Crippen LogP) is 4.61. The van der Waals surface area contributed by atoms with Crippen molar-refractivity contribution >= 4 is 51.4 Å². The number of carbonyl (C=O) groups is 1. The number of rotatable bonds is 7. The molecule has 1 saturated heterocycles. The Morgan fingerprint density at radius 1 is 1.05 bits per heavy atom. The van der Waals surface area contributed by atoms with Crippen LogP contribution in [0.3, 0.4) is 0 Å². The average Bonchev–Trinajstić information content (AvgIpc) is 3.63. The first kappa shape index (κ1) is 22.8. The van der Waals surface area contributed by atoms with Crippen molar-refractivity contribution < 1.29 is 18.6 Å². The van der Waals surface area contributed by atoms with E-state index >= 15 is 0 Å². The van der Waals surface area contributed by atoms with Crippen molar-refractivity contribution in [2.24, 2.45) is 6.98 Å². The van der Waals surface area contributed by atoms with E-state index in [0.717, 1.165) is 10.2 Å². The Balaban J connectivity index is 1.21. The summed E-state index contributed by atoms with van der Waals surface area (Å²) in [6.07, 6.45) is 3.30. The highest BCUT2D eigenvalue weighted by Crippen LogP contribution is 2.30. The summed E-state index contributed by atoms with van der Waals surface area (Å²) in [6.45, 7) is -2.55. The smallest absolute Gasteiger partial charge is 0.244 e. The first-order valence-electron chi connectivity index (χ1n) is 13.7. The summed E-state index contributed by atoms with van der Waals surface area (Å²) in [6, 6.07) is 18.9. The quantitative estimate of drug-likeness (QED) is 0.297. The van der Waals surface area contributed by atoms with Crippen LogP contribution in [-0.2, 0) is 27.9 Å². The SMILES string of the molecule is [2H]C([2H])([2H])n1cc2cc(NC(=O)C(Cc3ccccc3)N3CON(c4cc(Cl)ccc4-n4cc(Cl)nn4)CO3)ccc2n1. The van der Waals surface area contributed by atoms with Gasteiger partial charge in [-0.25, -0.2) is 9.75 Å². The molecule has 0 saturated carbocycles. The van der Waals surface area contributed by atoms with Crippen molar-refractivity contribution in [3.8, 4) is 5.69 Å². The number of aryl methyl sites for hydroxylation is 1. The van der Waals surface area contributed by atoms with Crippen LogP contribution in [0.25, 0.3) is 16.6 Å². The second-order valence-electron chi connectivity index (χ2n) is 8.97. The number of nitrogens with one attached hydrogen (secondary N) is 1. The number of hydroxylamine groups is 3. The molecule has 1 amide bonds. The van der Waals surface area contributed by atoms with Gasteiger partial charge >= 0.3 is 0 Å². The molecule has 3 heterocycles. The molecule has 1 fully saturated rings. The molecule has 0 radical (unpaired) electrons. The van der Waals surface area contributed by atoms with Gasteiger partial charge in [-0.15, -0.1) is 10.2 Å². The zero-order valence-electron chi connectivity index (χ0n) is 23.8. The number of amides is 1. The van der Waals surface area contributed by atoms with Crippen LogP contribution in [-0.4, -0.2) is 55.2 Å². The maximum Gasteiger partial charge on any atom is 0.244 e. The van der Waals surface area contributed by atoms with Crippen molar-refractivity contribution in [3.05, 3.63) is 94.9 Å². The topological polar surface area (TPSA) is 103 Å². The highest BCUT2D eigenvalue weighted by molar-refractivity contribution is 6.31. The third kappa shape index (κ3) is 5.64. The first-order chi connectivity index (χ1) is 20.6. The Kier molecular flexibility index (Phi) is 6.40. The minimum atomic E-state index is -2.41. The molecule has 1 atom stereocenters. The van der Waals surface area contributed by atoms with Crippen LogP contribution in [0.2, 0.25) is 10.2 Å². The van der Waals surface area contributed by atoms with E-state index in [1.807, 2.05) is 30.3 Å². The highest BCUT2D eigenvalue weighted by atomic mass is 35.5. The van der Waals surface area contributed by atoms with E-state index in [4.69, 9.17) is 37.0 Å². The Labute approximate surface area is 243 Å². The zero-order valence-corrected chi connectivity index (χ0v) is 22.3.